The van der Waals surface area contributed by atoms with E-state index in [4.69, 9.17) is 9.47 Å². The molecular weight excluding hydrogens is 440 g/mol. The lowest BCUT2D eigenvalue weighted by molar-refractivity contribution is 0.0689. The maximum absolute atomic E-state index is 12.9. The topological polar surface area (TPSA) is 59.8 Å². The first kappa shape index (κ1) is 23.7. The van der Waals surface area contributed by atoms with Crippen LogP contribution in [0.25, 0.3) is 10.9 Å². The Morgan fingerprint density at radius 1 is 1.09 bits per heavy atom. The highest BCUT2D eigenvalue weighted by atomic mass is 16.5. The van der Waals surface area contributed by atoms with E-state index in [0.29, 0.717) is 17.6 Å². The summed E-state index contributed by atoms with van der Waals surface area (Å²) in [7, 11) is 1.56. The van der Waals surface area contributed by atoms with Gasteiger partial charge in [-0.15, -0.1) is 0 Å². The molecule has 2 saturated heterocycles. The van der Waals surface area contributed by atoms with Gasteiger partial charge in [0.05, 0.1) is 13.7 Å². The normalized spacial score (nSPS) is 19.4. The van der Waals surface area contributed by atoms with E-state index >= 15 is 0 Å². The molecule has 2 aromatic heterocycles. The summed E-state index contributed by atoms with van der Waals surface area (Å²) in [6.45, 7) is 6.87. The summed E-state index contributed by atoms with van der Waals surface area (Å²) in [6.07, 6.45) is 7.73. The minimum atomic E-state index is -0.0271. The van der Waals surface area contributed by atoms with Gasteiger partial charge in [-0.3, -0.25) is 4.79 Å². The Labute approximate surface area is 207 Å². The number of rotatable bonds is 8. The minimum absolute atomic E-state index is 0.0271. The predicted molar refractivity (Wildman–Crippen MR) is 137 cm³/mol. The van der Waals surface area contributed by atoms with Gasteiger partial charge in [0.1, 0.15) is 11.4 Å². The lowest BCUT2D eigenvalue weighted by atomic mass is 10.0. The van der Waals surface area contributed by atoms with Crippen LogP contribution in [-0.4, -0.2) is 71.2 Å². The first-order valence-electron chi connectivity index (χ1n) is 12.9. The van der Waals surface area contributed by atoms with E-state index in [1.54, 1.807) is 19.2 Å². The molecule has 3 aromatic rings. The van der Waals surface area contributed by atoms with E-state index < -0.39 is 0 Å². The number of benzene rings is 1. The third-order valence-corrected chi connectivity index (χ3v) is 7.54. The van der Waals surface area contributed by atoms with Gasteiger partial charge in [0.2, 0.25) is 5.88 Å². The standard InChI is InChI=1S/C28H36N4O3/c1-21-6-4-14-30(21)15-5-19-35-24-9-10-26-22(20-24)11-18-32(26)23-12-16-31(17-13-23)28(33)25-7-3-8-27(29-25)34-2/h3,7-11,18,20-21,23H,4-6,12-17,19H2,1-2H3/t21-/m1/s1. The van der Waals surface area contributed by atoms with Crippen LogP contribution in [0.2, 0.25) is 0 Å². The zero-order valence-electron chi connectivity index (χ0n) is 20.9. The smallest absolute Gasteiger partial charge is 0.272 e. The molecule has 0 spiro atoms. The van der Waals surface area contributed by atoms with Crippen molar-refractivity contribution in [2.75, 3.05) is 39.9 Å². The number of carbonyl (C=O) groups excluding carboxylic acids is 1. The summed E-state index contributed by atoms with van der Waals surface area (Å²) in [5.74, 6) is 1.38. The summed E-state index contributed by atoms with van der Waals surface area (Å²) in [5.41, 5.74) is 1.67. The molecule has 35 heavy (non-hydrogen) atoms. The lowest BCUT2D eigenvalue weighted by Crippen LogP contribution is -2.39. The van der Waals surface area contributed by atoms with Gasteiger partial charge in [-0.25, -0.2) is 4.98 Å². The van der Waals surface area contributed by atoms with Gasteiger partial charge in [0.25, 0.3) is 5.91 Å². The number of amides is 1. The van der Waals surface area contributed by atoms with Gasteiger partial charge < -0.3 is 23.8 Å². The molecule has 186 valence electrons. The van der Waals surface area contributed by atoms with Gasteiger partial charge in [-0.05, 0) is 75.9 Å². The van der Waals surface area contributed by atoms with Crippen molar-refractivity contribution in [2.24, 2.45) is 0 Å². The molecule has 4 heterocycles. The van der Waals surface area contributed by atoms with E-state index in [1.807, 2.05) is 11.0 Å². The van der Waals surface area contributed by atoms with Crippen molar-refractivity contribution in [3.8, 4) is 11.6 Å². The lowest BCUT2D eigenvalue weighted by Gasteiger charge is -2.33. The highest BCUT2D eigenvalue weighted by molar-refractivity contribution is 5.92. The first-order valence-corrected chi connectivity index (χ1v) is 12.9. The number of fused-ring (bicyclic) bond motifs is 1. The highest BCUT2D eigenvalue weighted by Gasteiger charge is 2.26. The van der Waals surface area contributed by atoms with Crippen LogP contribution in [0.15, 0.2) is 48.7 Å². The van der Waals surface area contributed by atoms with Crippen molar-refractivity contribution in [3.63, 3.8) is 0 Å². The highest BCUT2D eigenvalue weighted by Crippen LogP contribution is 2.30. The zero-order chi connectivity index (χ0) is 24.2. The molecule has 7 nitrogen and oxygen atoms in total. The molecule has 1 atom stereocenters. The summed E-state index contributed by atoms with van der Waals surface area (Å²) in [6, 6.07) is 15.0. The van der Waals surface area contributed by atoms with Crippen LogP contribution in [0.4, 0.5) is 0 Å². The van der Waals surface area contributed by atoms with Crippen molar-refractivity contribution in [1.82, 2.24) is 19.4 Å². The van der Waals surface area contributed by atoms with Gasteiger partial charge >= 0.3 is 0 Å². The van der Waals surface area contributed by atoms with Crippen LogP contribution in [0.1, 0.15) is 55.6 Å². The number of nitrogens with zero attached hydrogens (tertiary/aromatic N) is 4. The third kappa shape index (κ3) is 5.30. The van der Waals surface area contributed by atoms with Gasteiger partial charge in [0, 0.05) is 54.9 Å². The van der Waals surface area contributed by atoms with E-state index in [0.717, 1.165) is 57.3 Å². The summed E-state index contributed by atoms with van der Waals surface area (Å²) < 4.78 is 13.6. The summed E-state index contributed by atoms with van der Waals surface area (Å²) in [5, 5.41) is 1.20. The Balaban J connectivity index is 1.15. The summed E-state index contributed by atoms with van der Waals surface area (Å²) >= 11 is 0. The van der Waals surface area contributed by atoms with Crippen LogP contribution in [0.5, 0.6) is 11.6 Å². The predicted octanol–water partition coefficient (Wildman–Crippen LogP) is 4.78. The molecule has 1 aromatic carbocycles. The SMILES string of the molecule is COc1cccc(C(=O)N2CCC(n3ccc4cc(OCCCN5CCC[C@H]5C)ccc43)CC2)n1. The number of methoxy groups -OCH3 is 1. The van der Waals surface area contributed by atoms with E-state index in [-0.39, 0.29) is 5.91 Å². The van der Waals surface area contributed by atoms with Crippen molar-refractivity contribution in [3.05, 3.63) is 54.4 Å². The number of likely N-dealkylation sites (tertiary alicyclic amines) is 2. The number of hydrogen-bond acceptors (Lipinski definition) is 5. The summed E-state index contributed by atoms with van der Waals surface area (Å²) in [4.78, 5) is 21.7. The maximum atomic E-state index is 12.9. The molecule has 2 aliphatic heterocycles. The maximum Gasteiger partial charge on any atom is 0.272 e. The Morgan fingerprint density at radius 3 is 2.71 bits per heavy atom. The Bertz CT molecular complexity index is 1150. The van der Waals surface area contributed by atoms with Crippen LogP contribution in [0.3, 0.4) is 0 Å². The Morgan fingerprint density at radius 2 is 1.94 bits per heavy atom. The molecule has 2 aliphatic rings. The molecule has 0 saturated carbocycles. The number of piperidine rings is 1. The van der Waals surface area contributed by atoms with Crippen LogP contribution >= 0.6 is 0 Å². The van der Waals surface area contributed by atoms with Gasteiger partial charge in [-0.1, -0.05) is 6.07 Å². The molecular formula is C28H36N4O3. The molecule has 0 unspecified atom stereocenters. The largest absolute Gasteiger partial charge is 0.494 e. The van der Waals surface area contributed by atoms with E-state index in [9.17, 15) is 4.79 Å². The number of hydrogen-bond donors (Lipinski definition) is 0. The minimum Gasteiger partial charge on any atom is -0.494 e. The first-order chi connectivity index (χ1) is 17.1. The third-order valence-electron chi connectivity index (χ3n) is 7.54. The molecule has 5 rings (SSSR count). The second-order valence-electron chi connectivity index (χ2n) is 9.76. The van der Waals surface area contributed by atoms with Crippen molar-refractivity contribution in [1.29, 1.82) is 0 Å². The fourth-order valence-corrected chi connectivity index (χ4v) is 5.49. The number of aromatic nitrogens is 2. The fourth-order valence-electron chi connectivity index (χ4n) is 5.49. The van der Waals surface area contributed by atoms with Crippen LogP contribution < -0.4 is 9.47 Å². The Hall–Kier alpha value is -3.06. The molecule has 0 bridgehead atoms. The second kappa shape index (κ2) is 10.7. The monoisotopic (exact) mass is 476 g/mol. The molecule has 1 amide bonds. The molecule has 0 radical (unpaired) electrons. The van der Waals surface area contributed by atoms with Crippen molar-refractivity contribution >= 4 is 16.8 Å². The average Bonchev–Trinajstić information content (AvgIpc) is 3.51. The molecule has 2 fully saturated rings. The van der Waals surface area contributed by atoms with Crippen molar-refractivity contribution in [2.45, 2.75) is 51.1 Å². The Kier molecular flexibility index (Phi) is 7.23. The molecule has 0 N–H and O–H groups in total. The van der Waals surface area contributed by atoms with Crippen LogP contribution in [0, 0.1) is 0 Å². The van der Waals surface area contributed by atoms with Crippen molar-refractivity contribution < 1.29 is 14.3 Å². The zero-order valence-corrected chi connectivity index (χ0v) is 20.9. The molecule has 0 aliphatic carbocycles. The molecule has 7 heteroatoms. The number of carbonyl (C=O) groups is 1. The van der Waals surface area contributed by atoms with E-state index in [2.05, 4.69) is 51.8 Å². The average molecular weight is 477 g/mol. The van der Waals surface area contributed by atoms with Crippen LogP contribution in [-0.2, 0) is 0 Å². The van der Waals surface area contributed by atoms with Gasteiger partial charge in [0.15, 0.2) is 0 Å². The fraction of sp³-hybridized carbons (Fsp3) is 0.500. The number of pyridine rings is 1. The number of ether oxygens (including phenoxy) is 2. The van der Waals surface area contributed by atoms with Gasteiger partial charge in [-0.2, -0.15) is 0 Å². The quantitative estimate of drug-likeness (QED) is 0.438. The van der Waals surface area contributed by atoms with E-state index in [1.165, 1.54) is 30.3 Å². The second-order valence-corrected chi connectivity index (χ2v) is 9.76.